The second-order valence-electron chi connectivity index (χ2n) is 4.10. The van der Waals surface area contributed by atoms with Crippen molar-refractivity contribution in [2.75, 3.05) is 7.11 Å². The summed E-state index contributed by atoms with van der Waals surface area (Å²) in [6.07, 6.45) is 0. The molecule has 0 radical (unpaired) electrons. The molecule has 0 aromatic heterocycles. The third-order valence-electron chi connectivity index (χ3n) is 3.04. The fourth-order valence-electron chi connectivity index (χ4n) is 2.17. The summed E-state index contributed by atoms with van der Waals surface area (Å²) in [6, 6.07) is 15.3. The van der Waals surface area contributed by atoms with Gasteiger partial charge in [-0.2, -0.15) is 0 Å². The van der Waals surface area contributed by atoms with E-state index in [1.807, 2.05) is 48.5 Å². The van der Waals surface area contributed by atoms with Crippen molar-refractivity contribution in [3.63, 3.8) is 0 Å². The van der Waals surface area contributed by atoms with Gasteiger partial charge >= 0.3 is 0 Å². The Bertz CT molecular complexity index is 607. The lowest BCUT2D eigenvalue weighted by atomic mass is 9.99. The molecule has 90 valence electrons. The molecule has 0 saturated heterocycles. The lowest BCUT2D eigenvalue weighted by Crippen LogP contribution is -2.05. The Morgan fingerprint density at radius 3 is 2.44 bits per heavy atom. The molecule has 2 nitrogen and oxygen atoms in total. The number of carbonyl (C=O) groups is 1. The number of methoxy groups -OCH3 is 1. The highest BCUT2D eigenvalue weighted by molar-refractivity contribution is 7.99. The summed E-state index contributed by atoms with van der Waals surface area (Å²) in [4.78, 5) is 13.5. The summed E-state index contributed by atoms with van der Waals surface area (Å²) in [7, 11) is 1.67. The topological polar surface area (TPSA) is 26.3 Å². The van der Waals surface area contributed by atoms with Crippen LogP contribution in [0.1, 0.15) is 26.9 Å². The van der Waals surface area contributed by atoms with Gasteiger partial charge in [0.25, 0.3) is 0 Å². The molecular weight excluding hydrogens is 244 g/mol. The minimum Gasteiger partial charge on any atom is -0.366 e. The van der Waals surface area contributed by atoms with Crippen molar-refractivity contribution in [3.05, 3.63) is 65.2 Å². The van der Waals surface area contributed by atoms with Crippen LogP contribution in [0.3, 0.4) is 0 Å². The number of carbonyl (C=O) groups excluding carboxylic acids is 1. The lowest BCUT2D eigenvalue weighted by molar-refractivity contribution is 0.103. The lowest BCUT2D eigenvalue weighted by Gasteiger charge is -2.14. The molecule has 0 saturated carbocycles. The minimum atomic E-state index is -0.131. The Morgan fingerprint density at radius 2 is 1.67 bits per heavy atom. The molecule has 1 aliphatic rings. The monoisotopic (exact) mass is 256 g/mol. The molecule has 0 bridgehead atoms. The Balaban J connectivity index is 2.24. The Kier molecular flexibility index (Phi) is 2.94. The van der Waals surface area contributed by atoms with E-state index in [4.69, 9.17) is 4.74 Å². The van der Waals surface area contributed by atoms with Crippen LogP contribution in [0.4, 0.5) is 0 Å². The van der Waals surface area contributed by atoms with Gasteiger partial charge in [0.2, 0.25) is 0 Å². The van der Waals surface area contributed by atoms with Gasteiger partial charge < -0.3 is 4.74 Å². The van der Waals surface area contributed by atoms with Gasteiger partial charge in [0, 0.05) is 28.7 Å². The van der Waals surface area contributed by atoms with Crippen molar-refractivity contribution in [1.82, 2.24) is 0 Å². The number of thioether (sulfide) groups is 1. The molecule has 2 aromatic carbocycles. The molecule has 1 unspecified atom stereocenters. The highest BCUT2D eigenvalue weighted by Gasteiger charge is 2.27. The second kappa shape index (κ2) is 4.59. The van der Waals surface area contributed by atoms with E-state index in [1.54, 1.807) is 18.9 Å². The van der Waals surface area contributed by atoms with Crippen molar-refractivity contribution in [2.45, 2.75) is 10.3 Å². The van der Waals surface area contributed by atoms with Gasteiger partial charge in [0.15, 0.2) is 5.78 Å². The van der Waals surface area contributed by atoms with Crippen molar-refractivity contribution < 1.29 is 9.53 Å². The molecule has 1 heterocycles. The van der Waals surface area contributed by atoms with Crippen LogP contribution in [0.2, 0.25) is 0 Å². The Labute approximate surface area is 110 Å². The fourth-order valence-corrected chi connectivity index (χ4v) is 3.27. The average molecular weight is 256 g/mol. The van der Waals surface area contributed by atoms with Gasteiger partial charge in [-0.25, -0.2) is 0 Å². The number of hydrogen-bond donors (Lipinski definition) is 0. The van der Waals surface area contributed by atoms with Crippen LogP contribution in [0.15, 0.2) is 53.4 Å². The van der Waals surface area contributed by atoms with E-state index in [9.17, 15) is 4.79 Å². The minimum absolute atomic E-state index is 0.0771. The van der Waals surface area contributed by atoms with Crippen molar-refractivity contribution in [1.29, 1.82) is 0 Å². The van der Waals surface area contributed by atoms with Gasteiger partial charge in [-0.1, -0.05) is 48.2 Å². The molecule has 0 fully saturated rings. The predicted molar refractivity (Wildman–Crippen MR) is 71.9 cm³/mol. The number of rotatable bonds is 1. The number of ether oxygens (including phenoxy) is 1. The first kappa shape index (κ1) is 11.5. The molecule has 3 heteroatoms. The van der Waals surface area contributed by atoms with Crippen molar-refractivity contribution in [2.24, 2.45) is 0 Å². The molecule has 1 aliphatic heterocycles. The first-order valence-corrected chi connectivity index (χ1v) is 6.61. The summed E-state index contributed by atoms with van der Waals surface area (Å²) >= 11 is 1.58. The fraction of sp³-hybridized carbons (Fsp3) is 0.133. The third-order valence-corrected chi connectivity index (χ3v) is 4.31. The summed E-state index contributed by atoms with van der Waals surface area (Å²) < 4.78 is 5.51. The largest absolute Gasteiger partial charge is 0.366 e. The highest BCUT2D eigenvalue weighted by Crippen LogP contribution is 2.42. The van der Waals surface area contributed by atoms with E-state index in [0.717, 1.165) is 21.6 Å². The maximum absolute atomic E-state index is 12.5. The molecule has 0 amide bonds. The SMILES string of the molecule is COC1Sc2ccccc2C(=O)c2ccccc21. The smallest absolute Gasteiger partial charge is 0.194 e. The molecule has 0 aliphatic carbocycles. The molecule has 1 atom stereocenters. The van der Waals surface area contributed by atoms with E-state index < -0.39 is 0 Å². The zero-order chi connectivity index (χ0) is 12.5. The number of fused-ring (bicyclic) bond motifs is 2. The zero-order valence-electron chi connectivity index (χ0n) is 9.92. The first-order chi connectivity index (χ1) is 8.81. The maximum atomic E-state index is 12.5. The standard InChI is InChI=1S/C15H12O2S/c1-17-15-11-7-3-2-6-10(11)14(16)12-8-4-5-9-13(12)18-15/h2-9,15H,1H3. The summed E-state index contributed by atoms with van der Waals surface area (Å²) in [6.45, 7) is 0. The third kappa shape index (κ3) is 1.76. The molecular formula is C15H12O2S. The molecule has 3 rings (SSSR count). The van der Waals surface area contributed by atoms with E-state index in [0.29, 0.717) is 0 Å². The van der Waals surface area contributed by atoms with Crippen LogP contribution in [0, 0.1) is 0 Å². The number of hydrogen-bond acceptors (Lipinski definition) is 3. The van der Waals surface area contributed by atoms with E-state index in [1.165, 1.54) is 0 Å². The summed E-state index contributed by atoms with van der Waals surface area (Å²) in [5, 5.41) is 0. The van der Waals surface area contributed by atoms with E-state index >= 15 is 0 Å². The van der Waals surface area contributed by atoms with Gasteiger partial charge in [0.1, 0.15) is 5.44 Å². The molecule has 0 spiro atoms. The predicted octanol–water partition coefficient (Wildman–Crippen LogP) is 3.67. The zero-order valence-corrected chi connectivity index (χ0v) is 10.7. The van der Waals surface area contributed by atoms with Gasteiger partial charge in [-0.3, -0.25) is 4.79 Å². The molecule has 18 heavy (non-hydrogen) atoms. The first-order valence-electron chi connectivity index (χ1n) is 5.73. The average Bonchev–Trinajstić information content (AvgIpc) is 2.55. The Morgan fingerprint density at radius 1 is 1.00 bits per heavy atom. The highest BCUT2D eigenvalue weighted by atomic mass is 32.2. The van der Waals surface area contributed by atoms with Gasteiger partial charge in [-0.05, 0) is 12.1 Å². The van der Waals surface area contributed by atoms with E-state index in [2.05, 4.69) is 0 Å². The maximum Gasteiger partial charge on any atom is 0.194 e. The summed E-state index contributed by atoms with van der Waals surface area (Å²) in [5.74, 6) is 0.0771. The van der Waals surface area contributed by atoms with Crippen LogP contribution in [-0.2, 0) is 4.74 Å². The van der Waals surface area contributed by atoms with Crippen LogP contribution in [0.5, 0.6) is 0 Å². The van der Waals surface area contributed by atoms with E-state index in [-0.39, 0.29) is 11.2 Å². The Hall–Kier alpha value is -1.58. The van der Waals surface area contributed by atoms with Crippen LogP contribution < -0.4 is 0 Å². The quantitative estimate of drug-likeness (QED) is 0.778. The van der Waals surface area contributed by atoms with Crippen LogP contribution in [-0.4, -0.2) is 12.9 Å². The second-order valence-corrected chi connectivity index (χ2v) is 5.20. The summed E-state index contributed by atoms with van der Waals surface area (Å²) in [5.41, 5.74) is 2.32. The van der Waals surface area contributed by atoms with Crippen LogP contribution >= 0.6 is 11.8 Å². The normalized spacial score (nSPS) is 17.8. The number of ketones is 1. The molecule has 0 N–H and O–H groups in total. The van der Waals surface area contributed by atoms with Crippen molar-refractivity contribution in [3.8, 4) is 0 Å². The van der Waals surface area contributed by atoms with Crippen molar-refractivity contribution >= 4 is 17.5 Å². The number of benzene rings is 2. The van der Waals surface area contributed by atoms with Gasteiger partial charge in [0.05, 0.1) is 0 Å². The van der Waals surface area contributed by atoms with Gasteiger partial charge in [-0.15, -0.1) is 0 Å². The molecule has 2 aromatic rings. The van der Waals surface area contributed by atoms with Crippen LogP contribution in [0.25, 0.3) is 0 Å².